The van der Waals surface area contributed by atoms with Crippen LogP contribution < -0.4 is 5.73 Å². The minimum Gasteiger partial charge on any atom is -0.480 e. The van der Waals surface area contributed by atoms with Crippen LogP contribution in [-0.2, 0) is 9.59 Å². The maximum Gasteiger partial charge on any atom is 0.338 e. The Kier molecular flexibility index (Phi) is 3.46. The summed E-state index contributed by atoms with van der Waals surface area (Å²) < 4.78 is 12.2. The van der Waals surface area contributed by atoms with Gasteiger partial charge >= 0.3 is 11.9 Å². The third-order valence-corrected chi connectivity index (χ3v) is 1.05. The van der Waals surface area contributed by atoms with Crippen LogP contribution in [0.15, 0.2) is 0 Å². The van der Waals surface area contributed by atoms with Crippen molar-refractivity contribution in [3.05, 3.63) is 0 Å². The van der Waals surface area contributed by atoms with Gasteiger partial charge in [0.15, 0.2) is 6.17 Å². The van der Waals surface area contributed by atoms with Crippen LogP contribution in [0.3, 0.4) is 0 Å². The molecule has 0 heterocycles. The summed E-state index contributed by atoms with van der Waals surface area (Å²) in [5.41, 5.74) is 4.85. The van der Waals surface area contributed by atoms with Crippen molar-refractivity contribution in [2.45, 2.75) is 18.6 Å². The van der Waals surface area contributed by atoms with E-state index in [4.69, 9.17) is 15.9 Å². The quantitative estimate of drug-likeness (QED) is 0.505. The van der Waals surface area contributed by atoms with Crippen molar-refractivity contribution in [2.24, 2.45) is 5.73 Å². The van der Waals surface area contributed by atoms with E-state index in [2.05, 4.69) is 0 Å². The summed E-state index contributed by atoms with van der Waals surface area (Å²) in [5.74, 6) is -3.10. The molecular weight excluding hydrogens is 156 g/mol. The van der Waals surface area contributed by atoms with Crippen LogP contribution in [0.1, 0.15) is 6.42 Å². The topological polar surface area (TPSA) is 101 Å². The van der Waals surface area contributed by atoms with Crippen molar-refractivity contribution >= 4 is 11.9 Å². The summed E-state index contributed by atoms with van der Waals surface area (Å²) in [5, 5.41) is 16.1. The zero-order valence-corrected chi connectivity index (χ0v) is 5.53. The number of hydrogen-bond acceptors (Lipinski definition) is 3. The highest BCUT2D eigenvalue weighted by Gasteiger charge is 2.23. The van der Waals surface area contributed by atoms with Crippen LogP contribution in [-0.4, -0.2) is 34.4 Å². The number of alkyl halides is 1. The highest BCUT2D eigenvalue weighted by atomic mass is 18.2. The largest absolute Gasteiger partial charge is 0.480 e. The molecule has 6 heteroatoms. The van der Waals surface area contributed by atoms with Crippen molar-refractivity contribution in [2.75, 3.05) is 0 Å². The predicted octanol–water partition coefficient (Wildman–Crippen LogP) is -0.789. The molecule has 0 radical (unpaired) electrons. The van der Waals surface area contributed by atoms with Crippen molar-refractivity contribution in [3.8, 4) is 0 Å². The predicted molar refractivity (Wildman–Crippen MR) is 32.8 cm³/mol. The molecule has 0 aromatic carbocycles. The fourth-order valence-electron chi connectivity index (χ4n) is 0.425. The van der Waals surface area contributed by atoms with Gasteiger partial charge in [-0.2, -0.15) is 0 Å². The number of nitrogens with two attached hydrogens (primary N) is 1. The monoisotopic (exact) mass is 164 g/mol. The summed E-state index contributed by atoms with van der Waals surface area (Å²) in [7, 11) is 0. The molecule has 0 aliphatic heterocycles. The Bertz CT molecular complexity index is 154. The van der Waals surface area contributed by atoms with E-state index in [0.29, 0.717) is 0 Å². The third-order valence-electron chi connectivity index (χ3n) is 1.05. The van der Waals surface area contributed by atoms with Crippen LogP contribution in [0.5, 0.6) is 0 Å². The summed E-state index contributed by atoms with van der Waals surface area (Å²) >= 11 is 0. The van der Waals surface area contributed by atoms with Crippen molar-refractivity contribution in [3.63, 3.8) is 0 Å². The molecule has 4 N–H and O–H groups in total. The van der Waals surface area contributed by atoms with Gasteiger partial charge in [-0.05, 0) is 0 Å². The Labute approximate surface area is 61.6 Å². The van der Waals surface area contributed by atoms with E-state index < -0.39 is 30.6 Å². The standard InChI is InChI=1S/C5H8FNO4/c6-2(4(8)9)1-3(7)5(10)11/h2-3H,1,7H2,(H,8,9)(H,10,11)/t2-,3+/m1/s1/i6-1. The Morgan fingerprint density at radius 1 is 1.36 bits per heavy atom. The lowest BCUT2D eigenvalue weighted by atomic mass is 10.1. The third kappa shape index (κ3) is 3.51. The normalized spacial score (nSPS) is 15.5. The van der Waals surface area contributed by atoms with Gasteiger partial charge in [0.05, 0.1) is 0 Å². The number of aliphatic carboxylic acids is 2. The zero-order valence-electron chi connectivity index (χ0n) is 5.53. The van der Waals surface area contributed by atoms with Gasteiger partial charge < -0.3 is 15.9 Å². The average molecular weight is 164 g/mol. The molecule has 0 bridgehead atoms. The van der Waals surface area contributed by atoms with Gasteiger partial charge in [0, 0.05) is 6.42 Å². The van der Waals surface area contributed by atoms with E-state index in [1.54, 1.807) is 0 Å². The fourth-order valence-corrected chi connectivity index (χ4v) is 0.425. The summed E-state index contributed by atoms with van der Waals surface area (Å²) in [6, 6.07) is -1.46. The molecule has 5 nitrogen and oxygen atoms in total. The molecule has 0 unspecified atom stereocenters. The number of carboxylic acids is 2. The maximum atomic E-state index is 12.2. The Morgan fingerprint density at radius 3 is 2.09 bits per heavy atom. The first kappa shape index (κ1) is 9.83. The van der Waals surface area contributed by atoms with Gasteiger partial charge in [-0.15, -0.1) is 0 Å². The van der Waals surface area contributed by atoms with Gasteiger partial charge in [-0.1, -0.05) is 0 Å². The fraction of sp³-hybridized carbons (Fsp3) is 0.600. The molecule has 0 saturated heterocycles. The lowest BCUT2D eigenvalue weighted by Crippen LogP contribution is -2.35. The SMILES string of the molecule is N[C@@H](C[C@@H]([18F])C(=O)O)C(=O)O. The molecule has 0 aliphatic rings. The second-order valence-electron chi connectivity index (χ2n) is 1.99. The van der Waals surface area contributed by atoms with E-state index in [1.165, 1.54) is 0 Å². The van der Waals surface area contributed by atoms with Crippen molar-refractivity contribution in [1.82, 2.24) is 0 Å². The summed E-state index contributed by atoms with van der Waals surface area (Å²) in [6.07, 6.45) is -2.91. The number of rotatable bonds is 4. The van der Waals surface area contributed by atoms with Crippen LogP contribution in [0.2, 0.25) is 0 Å². The second-order valence-corrected chi connectivity index (χ2v) is 1.99. The molecule has 0 aromatic heterocycles. The molecule has 0 fully saturated rings. The van der Waals surface area contributed by atoms with Gasteiger partial charge in [0.2, 0.25) is 0 Å². The molecule has 11 heavy (non-hydrogen) atoms. The van der Waals surface area contributed by atoms with E-state index in [1.807, 2.05) is 0 Å². The van der Waals surface area contributed by atoms with Crippen LogP contribution >= 0.6 is 0 Å². The highest BCUT2D eigenvalue weighted by Crippen LogP contribution is 2.00. The molecule has 2 atom stereocenters. The number of halogens is 1. The maximum absolute atomic E-state index is 12.2. The molecule has 0 aromatic rings. The van der Waals surface area contributed by atoms with Crippen LogP contribution in [0.25, 0.3) is 0 Å². The first-order chi connectivity index (χ1) is 4.95. The summed E-state index contributed by atoms with van der Waals surface area (Å²) in [6.45, 7) is 0. The molecule has 0 aliphatic carbocycles. The Balaban J connectivity index is 3.84. The first-order valence-electron chi connectivity index (χ1n) is 2.80. The van der Waals surface area contributed by atoms with Crippen LogP contribution in [0, 0.1) is 0 Å². The van der Waals surface area contributed by atoms with Crippen molar-refractivity contribution < 1.29 is 24.2 Å². The van der Waals surface area contributed by atoms with Gasteiger partial charge in [-0.25, -0.2) is 9.18 Å². The summed E-state index contributed by atoms with van der Waals surface area (Å²) in [4.78, 5) is 19.8. The number of hydrogen-bond donors (Lipinski definition) is 3. The molecule has 0 saturated carbocycles. The van der Waals surface area contributed by atoms with E-state index in [-0.39, 0.29) is 0 Å². The van der Waals surface area contributed by atoms with Crippen molar-refractivity contribution in [1.29, 1.82) is 0 Å². The van der Waals surface area contributed by atoms with Gasteiger partial charge in [0.1, 0.15) is 6.04 Å². The van der Waals surface area contributed by atoms with E-state index >= 15 is 0 Å². The van der Waals surface area contributed by atoms with Crippen LogP contribution in [0.4, 0.5) is 4.39 Å². The first-order valence-corrected chi connectivity index (χ1v) is 2.80. The highest BCUT2D eigenvalue weighted by molar-refractivity contribution is 5.76. The smallest absolute Gasteiger partial charge is 0.338 e. The molecule has 0 spiro atoms. The lowest BCUT2D eigenvalue weighted by Gasteiger charge is -2.06. The molecule has 0 amide bonds. The number of carboxylic acid groups (broad SMARTS) is 2. The zero-order chi connectivity index (χ0) is 9.02. The van der Waals surface area contributed by atoms with E-state index in [9.17, 15) is 14.0 Å². The lowest BCUT2D eigenvalue weighted by molar-refractivity contribution is -0.144. The number of carbonyl (C=O) groups is 2. The molecule has 64 valence electrons. The Morgan fingerprint density at radius 2 is 1.82 bits per heavy atom. The second kappa shape index (κ2) is 3.87. The Hall–Kier alpha value is -1.17. The minimum atomic E-state index is -2.21. The molecular formula is C5H8FNO4. The van der Waals surface area contributed by atoms with Gasteiger partial charge in [0.25, 0.3) is 0 Å². The molecule has 0 rings (SSSR count). The van der Waals surface area contributed by atoms with Gasteiger partial charge in [-0.3, -0.25) is 4.79 Å². The average Bonchev–Trinajstić information content (AvgIpc) is 1.87. The minimum absolute atomic E-state index is 0.704. The van der Waals surface area contributed by atoms with E-state index in [0.717, 1.165) is 0 Å².